The zero-order valence-corrected chi connectivity index (χ0v) is 51.7. The molecule has 0 aliphatic heterocycles. The van der Waals surface area contributed by atoms with Gasteiger partial charge in [-0.25, -0.2) is 8.78 Å². The predicted molar refractivity (Wildman–Crippen MR) is 391 cm³/mol. The molecule has 0 fully saturated rings. The van der Waals surface area contributed by atoms with Crippen LogP contribution in [0.4, 0.5) is 42.9 Å². The smallest absolute Gasteiger partial charge is 0.137 e. The second kappa shape index (κ2) is 21.4. The molecule has 14 aromatic carbocycles. The maximum atomic E-state index is 14.0. The van der Waals surface area contributed by atoms with Crippen molar-refractivity contribution in [3.05, 3.63) is 315 Å². The quantitative estimate of drug-likeness (QED) is 0.152. The first kappa shape index (κ1) is 54.0. The van der Waals surface area contributed by atoms with Gasteiger partial charge in [0.15, 0.2) is 0 Å². The molecule has 6 nitrogen and oxygen atoms in total. The Hall–Kier alpha value is -11.8. The van der Waals surface area contributed by atoms with Gasteiger partial charge in [-0.1, -0.05) is 133 Å². The zero-order valence-electron chi connectivity index (χ0n) is 50.0. The number of benzene rings is 14. The van der Waals surface area contributed by atoms with Crippen molar-refractivity contribution in [1.29, 1.82) is 0 Å². The Morgan fingerprint density at radius 2 is 0.649 bits per heavy atom. The van der Waals surface area contributed by atoms with E-state index < -0.39 is 0 Å². The van der Waals surface area contributed by atoms with Gasteiger partial charge in [-0.2, -0.15) is 0 Å². The minimum absolute atomic E-state index is 0.246. The first-order chi connectivity index (χ1) is 46.4. The van der Waals surface area contributed by atoms with Crippen LogP contribution < -0.4 is 9.80 Å². The van der Waals surface area contributed by atoms with E-state index in [1.807, 2.05) is 77.3 Å². The van der Waals surface area contributed by atoms with Crippen molar-refractivity contribution in [2.24, 2.45) is 0 Å². The number of aromatic nitrogens is 2. The highest BCUT2D eigenvalue weighted by molar-refractivity contribution is 7.26. The van der Waals surface area contributed by atoms with E-state index >= 15 is 0 Å². The summed E-state index contributed by atoms with van der Waals surface area (Å²) in [5.74, 6) is -0.493. The molecule has 0 unspecified atom stereocenters. The SMILES string of the molecule is Fc1ccc(-n2c3ccccc3c3cc(N(c4ccc5sc6ccccc6c5c4)c4cccc5oc6ccccc6c45)ccc32)cc1.Fc1ccc(-n2c3ccccc3c3cc(N(c4cccc5c4sc4ccccc45)c4cccc5oc6ccccc6c45)ccc32)cc1. The van der Waals surface area contributed by atoms with Crippen LogP contribution in [0.2, 0.25) is 0 Å². The van der Waals surface area contributed by atoms with Crippen molar-refractivity contribution in [3.8, 4) is 11.4 Å². The molecule has 94 heavy (non-hydrogen) atoms. The minimum atomic E-state index is -0.247. The molecule has 20 aromatic rings. The van der Waals surface area contributed by atoms with Crippen LogP contribution in [0, 0.1) is 11.6 Å². The van der Waals surface area contributed by atoms with Crippen LogP contribution >= 0.6 is 22.7 Å². The largest absolute Gasteiger partial charge is 0.456 e. The molecule has 0 spiro atoms. The molecule has 0 aliphatic carbocycles. The van der Waals surface area contributed by atoms with E-state index in [4.69, 9.17) is 8.83 Å². The Labute approximate surface area is 544 Å². The summed E-state index contributed by atoms with van der Waals surface area (Å²) in [4.78, 5) is 4.76. The van der Waals surface area contributed by atoms with Gasteiger partial charge in [0.2, 0.25) is 0 Å². The number of hydrogen-bond donors (Lipinski definition) is 0. The van der Waals surface area contributed by atoms with Crippen LogP contribution in [0.15, 0.2) is 312 Å². The Morgan fingerprint density at radius 1 is 0.266 bits per heavy atom. The summed E-state index contributed by atoms with van der Waals surface area (Å²) in [6.45, 7) is 0. The highest BCUT2D eigenvalue weighted by atomic mass is 32.1. The summed E-state index contributed by atoms with van der Waals surface area (Å²) >= 11 is 3.65. The van der Waals surface area contributed by atoms with E-state index in [-0.39, 0.29) is 11.6 Å². The van der Waals surface area contributed by atoms with Crippen LogP contribution in [0.25, 0.3) is 139 Å². The molecule has 0 saturated heterocycles. The Kier molecular flexibility index (Phi) is 12.3. The fourth-order valence-electron chi connectivity index (χ4n) is 14.4. The lowest BCUT2D eigenvalue weighted by Gasteiger charge is -2.27. The molecule has 444 valence electrons. The average molecular weight is 1250 g/mol. The second-order valence-electron chi connectivity index (χ2n) is 23.8. The summed E-state index contributed by atoms with van der Waals surface area (Å²) in [7, 11) is 0. The van der Waals surface area contributed by atoms with Gasteiger partial charge in [0, 0.05) is 96.4 Å². The lowest BCUT2D eigenvalue weighted by Crippen LogP contribution is -2.10. The standard InChI is InChI=1S/2C42H25FN2OS/c43-26-19-21-27(22-20-26)44-34-13-4-1-9-29(34)33-25-28(23-24-35(33)44)45(36-14-8-17-39-41(36)32-11-2-5-16-38(32)46-39)37-15-7-12-31-30-10-3-6-18-40(30)47-42(31)37;43-26-16-18-27(19-17-26)45-35-11-4-1-8-30(35)33-24-28(20-22-36(33)45)44(29-21-23-41-34(25-29)31-9-3-6-15-40(31)47-41)37-12-7-14-39-42(37)32-10-2-5-13-38(32)46-39/h2*1-25H. The van der Waals surface area contributed by atoms with Crippen LogP contribution in [-0.2, 0) is 0 Å². The van der Waals surface area contributed by atoms with Crippen LogP contribution in [0.5, 0.6) is 0 Å². The van der Waals surface area contributed by atoms with Crippen molar-refractivity contribution in [2.45, 2.75) is 0 Å². The number of halogens is 2. The van der Waals surface area contributed by atoms with Crippen LogP contribution in [-0.4, -0.2) is 9.13 Å². The average Bonchev–Trinajstić information content (AvgIpc) is 1.57. The molecule has 6 heterocycles. The third kappa shape index (κ3) is 8.50. The first-order valence-electron chi connectivity index (χ1n) is 31.2. The Balaban J connectivity index is 0.000000133. The summed E-state index contributed by atoms with van der Waals surface area (Å²) in [5.41, 5.74) is 15.9. The number of thiophene rings is 2. The molecular weight excluding hydrogens is 1200 g/mol. The molecule has 0 atom stereocenters. The number of anilines is 6. The first-order valence-corrected chi connectivity index (χ1v) is 32.9. The molecule has 0 N–H and O–H groups in total. The predicted octanol–water partition coefficient (Wildman–Crippen LogP) is 25.3. The van der Waals surface area contributed by atoms with Crippen LogP contribution in [0.3, 0.4) is 0 Å². The zero-order chi connectivity index (χ0) is 62.1. The number of furan rings is 2. The highest BCUT2D eigenvalue weighted by Crippen LogP contribution is 2.51. The van der Waals surface area contributed by atoms with Gasteiger partial charge in [0.05, 0.1) is 54.6 Å². The topological polar surface area (TPSA) is 42.6 Å². The number of para-hydroxylation sites is 4. The molecule has 0 aliphatic rings. The van der Waals surface area contributed by atoms with Gasteiger partial charge < -0.3 is 27.8 Å². The molecule has 0 amide bonds. The summed E-state index contributed by atoms with van der Waals surface area (Å²) in [6, 6.07) is 103. The van der Waals surface area contributed by atoms with E-state index in [0.717, 1.165) is 133 Å². The summed E-state index contributed by atoms with van der Waals surface area (Å²) < 4.78 is 50.1. The molecule has 0 radical (unpaired) electrons. The van der Waals surface area contributed by atoms with Gasteiger partial charge in [0.25, 0.3) is 0 Å². The van der Waals surface area contributed by atoms with E-state index in [1.54, 1.807) is 0 Å². The number of fused-ring (bicyclic) bond motifs is 18. The number of nitrogens with zero attached hydrogens (tertiary/aromatic N) is 4. The summed E-state index contributed by atoms with van der Waals surface area (Å²) in [5, 5.41) is 13.9. The van der Waals surface area contributed by atoms with Gasteiger partial charge in [-0.05, 0) is 170 Å². The monoisotopic (exact) mass is 1250 g/mol. The highest BCUT2D eigenvalue weighted by Gasteiger charge is 2.26. The van der Waals surface area contributed by atoms with E-state index in [1.165, 1.54) is 64.6 Å². The Morgan fingerprint density at radius 3 is 1.21 bits per heavy atom. The fraction of sp³-hybridized carbons (Fsp3) is 0. The van der Waals surface area contributed by atoms with Crippen molar-refractivity contribution >= 4 is 185 Å². The van der Waals surface area contributed by atoms with Crippen molar-refractivity contribution in [1.82, 2.24) is 9.13 Å². The van der Waals surface area contributed by atoms with Gasteiger partial charge in [-0.15, -0.1) is 22.7 Å². The molecule has 10 heteroatoms. The van der Waals surface area contributed by atoms with Gasteiger partial charge in [-0.3, -0.25) is 0 Å². The molecule has 0 bridgehead atoms. The van der Waals surface area contributed by atoms with Crippen LogP contribution in [0.1, 0.15) is 0 Å². The van der Waals surface area contributed by atoms with Gasteiger partial charge >= 0.3 is 0 Å². The maximum absolute atomic E-state index is 14.0. The van der Waals surface area contributed by atoms with E-state index in [2.05, 4.69) is 243 Å². The third-order valence-corrected chi connectivity index (χ3v) is 20.8. The number of hydrogen-bond acceptors (Lipinski definition) is 6. The lowest BCUT2D eigenvalue weighted by molar-refractivity contribution is 0.627. The summed E-state index contributed by atoms with van der Waals surface area (Å²) in [6.07, 6.45) is 0. The molecule has 0 saturated carbocycles. The Bertz CT molecular complexity index is 6420. The normalized spacial score (nSPS) is 11.9. The van der Waals surface area contributed by atoms with Crippen molar-refractivity contribution in [3.63, 3.8) is 0 Å². The lowest BCUT2D eigenvalue weighted by atomic mass is 10.1. The number of rotatable bonds is 8. The van der Waals surface area contributed by atoms with E-state index in [0.29, 0.717) is 0 Å². The fourth-order valence-corrected chi connectivity index (χ4v) is 16.7. The maximum Gasteiger partial charge on any atom is 0.137 e. The minimum Gasteiger partial charge on any atom is -0.456 e. The van der Waals surface area contributed by atoms with Crippen molar-refractivity contribution in [2.75, 3.05) is 9.80 Å². The second-order valence-corrected chi connectivity index (χ2v) is 25.9. The third-order valence-electron chi connectivity index (χ3n) is 18.5. The molecular formula is C84H50F2N4O2S2. The molecule has 20 rings (SSSR count). The van der Waals surface area contributed by atoms with E-state index in [9.17, 15) is 8.78 Å². The molecule has 6 aromatic heterocycles. The van der Waals surface area contributed by atoms with Crippen molar-refractivity contribution < 1.29 is 17.6 Å². The van der Waals surface area contributed by atoms with Gasteiger partial charge in [0.1, 0.15) is 34.0 Å².